The van der Waals surface area contributed by atoms with Gasteiger partial charge in [-0.1, -0.05) is 129 Å². The van der Waals surface area contributed by atoms with Crippen molar-refractivity contribution < 1.29 is 0 Å². The van der Waals surface area contributed by atoms with Crippen LogP contribution in [0.3, 0.4) is 0 Å². The van der Waals surface area contributed by atoms with Crippen LogP contribution in [-0.2, 0) is 12.8 Å². The predicted molar refractivity (Wildman–Crippen MR) is 145 cm³/mol. The predicted octanol–water partition coefficient (Wildman–Crippen LogP) is 9.76. The summed E-state index contributed by atoms with van der Waals surface area (Å²) in [6, 6.07) is 8.90. The third-order valence-electron chi connectivity index (χ3n) is 7.10. The maximum atomic E-state index is 4.63. The summed E-state index contributed by atoms with van der Waals surface area (Å²) in [6.07, 6.45) is 26.8. The molecular weight excluding hydrogens is 400 g/mol. The molecule has 0 bridgehead atoms. The highest BCUT2D eigenvalue weighted by molar-refractivity contribution is 5.55. The average Bonchev–Trinajstić information content (AvgIpc) is 2.85. The molecule has 1 unspecified atom stereocenters. The first-order valence-corrected chi connectivity index (χ1v) is 14.1. The molecule has 1 atom stereocenters. The minimum Gasteiger partial charge on any atom is -0.236 e. The van der Waals surface area contributed by atoms with Crippen molar-refractivity contribution >= 4 is 0 Å². The van der Waals surface area contributed by atoms with Crippen LogP contribution in [0.25, 0.3) is 11.4 Å². The molecule has 0 radical (unpaired) electrons. The minimum absolute atomic E-state index is 0.849. The van der Waals surface area contributed by atoms with Gasteiger partial charge < -0.3 is 0 Å². The van der Waals surface area contributed by atoms with Crippen molar-refractivity contribution in [2.24, 2.45) is 5.92 Å². The summed E-state index contributed by atoms with van der Waals surface area (Å²) in [6.45, 7) is 6.96. The molecule has 184 valence electrons. The number of aryl methyl sites for hydroxylation is 2. The highest BCUT2D eigenvalue weighted by atomic mass is 14.9. The van der Waals surface area contributed by atoms with Gasteiger partial charge in [0.1, 0.15) is 0 Å². The molecule has 1 heterocycles. The summed E-state index contributed by atoms with van der Waals surface area (Å²) in [5, 5.41) is 0. The largest absolute Gasteiger partial charge is 0.236 e. The zero-order chi connectivity index (χ0) is 23.6. The van der Waals surface area contributed by atoms with Gasteiger partial charge in [-0.05, 0) is 42.7 Å². The monoisotopic (exact) mass is 450 g/mol. The van der Waals surface area contributed by atoms with Gasteiger partial charge in [-0.15, -0.1) is 0 Å². The zero-order valence-electron chi connectivity index (χ0n) is 22.0. The number of benzene rings is 1. The molecule has 0 saturated heterocycles. The molecule has 0 fully saturated rings. The molecule has 1 aromatic heterocycles. The summed E-state index contributed by atoms with van der Waals surface area (Å²) < 4.78 is 0. The van der Waals surface area contributed by atoms with E-state index < -0.39 is 0 Å². The molecule has 0 aliphatic rings. The number of nitrogens with zero attached hydrogens (tertiary/aromatic N) is 2. The van der Waals surface area contributed by atoms with E-state index in [1.807, 2.05) is 12.4 Å². The SMILES string of the molecule is CCCCCCCCCc1cnc(-c2ccc(CCCCCCCCC(C)CC)cc2)nc1. The Hall–Kier alpha value is -1.70. The number of aromatic nitrogens is 2. The highest BCUT2D eigenvalue weighted by Crippen LogP contribution is 2.19. The molecule has 0 spiro atoms. The fourth-order valence-corrected chi connectivity index (χ4v) is 4.47. The third kappa shape index (κ3) is 12.4. The fourth-order valence-electron chi connectivity index (χ4n) is 4.47. The summed E-state index contributed by atoms with van der Waals surface area (Å²) in [5.74, 6) is 1.76. The average molecular weight is 451 g/mol. The first-order valence-electron chi connectivity index (χ1n) is 14.1. The van der Waals surface area contributed by atoms with E-state index in [1.165, 1.54) is 114 Å². The Bertz CT molecular complexity index is 705. The van der Waals surface area contributed by atoms with E-state index in [2.05, 4.69) is 55.0 Å². The summed E-state index contributed by atoms with van der Waals surface area (Å²) in [4.78, 5) is 9.27. The van der Waals surface area contributed by atoms with Crippen LogP contribution in [0.15, 0.2) is 36.7 Å². The van der Waals surface area contributed by atoms with Crippen LogP contribution in [0.1, 0.15) is 128 Å². The topological polar surface area (TPSA) is 25.8 Å². The summed E-state index contributed by atoms with van der Waals surface area (Å²) in [7, 11) is 0. The van der Waals surface area contributed by atoms with Crippen LogP contribution >= 0.6 is 0 Å². The van der Waals surface area contributed by atoms with E-state index in [1.54, 1.807) is 0 Å². The van der Waals surface area contributed by atoms with Gasteiger partial charge in [0.15, 0.2) is 5.82 Å². The second kappa shape index (κ2) is 17.7. The normalized spacial score (nSPS) is 12.2. The van der Waals surface area contributed by atoms with Gasteiger partial charge in [-0.2, -0.15) is 0 Å². The number of rotatable bonds is 19. The first-order chi connectivity index (χ1) is 16.2. The van der Waals surface area contributed by atoms with Crippen molar-refractivity contribution in [3.63, 3.8) is 0 Å². The van der Waals surface area contributed by atoms with E-state index in [4.69, 9.17) is 0 Å². The van der Waals surface area contributed by atoms with Crippen LogP contribution in [0.4, 0.5) is 0 Å². The number of unbranched alkanes of at least 4 members (excludes halogenated alkanes) is 11. The Balaban J connectivity index is 1.60. The minimum atomic E-state index is 0.849. The Kier molecular flexibility index (Phi) is 14.8. The molecule has 0 aliphatic carbocycles. The van der Waals surface area contributed by atoms with Crippen LogP contribution < -0.4 is 0 Å². The van der Waals surface area contributed by atoms with Crippen molar-refractivity contribution in [3.8, 4) is 11.4 Å². The lowest BCUT2D eigenvalue weighted by molar-refractivity contribution is 0.471. The molecule has 2 nitrogen and oxygen atoms in total. The molecule has 0 amide bonds. The van der Waals surface area contributed by atoms with Crippen molar-refractivity contribution in [2.75, 3.05) is 0 Å². The Morgan fingerprint density at radius 2 is 1.12 bits per heavy atom. The summed E-state index contributed by atoms with van der Waals surface area (Å²) in [5.41, 5.74) is 3.83. The van der Waals surface area contributed by atoms with Crippen LogP contribution in [0.5, 0.6) is 0 Å². The van der Waals surface area contributed by atoms with Crippen LogP contribution in [0, 0.1) is 5.92 Å². The molecule has 2 rings (SSSR count). The van der Waals surface area contributed by atoms with Gasteiger partial charge in [0.2, 0.25) is 0 Å². The van der Waals surface area contributed by atoms with Crippen LogP contribution in [0.2, 0.25) is 0 Å². The maximum absolute atomic E-state index is 4.63. The molecule has 33 heavy (non-hydrogen) atoms. The van der Waals surface area contributed by atoms with Gasteiger partial charge in [0, 0.05) is 18.0 Å². The standard InChI is InChI=1S/C31H50N2/c1-4-6-7-8-9-14-17-20-29-25-32-31(33-26-29)30-23-21-28(22-24-30)19-16-13-11-10-12-15-18-27(3)5-2/h21-27H,4-20H2,1-3H3. The second-order valence-corrected chi connectivity index (χ2v) is 10.2. The molecule has 2 aromatic rings. The Morgan fingerprint density at radius 1 is 0.606 bits per heavy atom. The fraction of sp³-hybridized carbons (Fsp3) is 0.677. The van der Waals surface area contributed by atoms with Crippen LogP contribution in [-0.4, -0.2) is 9.97 Å². The first kappa shape index (κ1) is 27.5. The van der Waals surface area contributed by atoms with E-state index in [0.29, 0.717) is 0 Å². The summed E-state index contributed by atoms with van der Waals surface area (Å²) >= 11 is 0. The lowest BCUT2D eigenvalue weighted by Gasteiger charge is -2.07. The van der Waals surface area contributed by atoms with Crippen molar-refractivity contribution in [1.82, 2.24) is 9.97 Å². The molecule has 1 aromatic carbocycles. The number of hydrogen-bond donors (Lipinski definition) is 0. The molecule has 0 N–H and O–H groups in total. The van der Waals surface area contributed by atoms with Crippen molar-refractivity contribution in [2.45, 2.75) is 130 Å². The van der Waals surface area contributed by atoms with Gasteiger partial charge >= 0.3 is 0 Å². The lowest BCUT2D eigenvalue weighted by Crippen LogP contribution is -1.94. The van der Waals surface area contributed by atoms with Gasteiger partial charge in [0.05, 0.1) is 0 Å². The Labute approximate surface area is 205 Å². The van der Waals surface area contributed by atoms with E-state index >= 15 is 0 Å². The maximum Gasteiger partial charge on any atom is 0.159 e. The molecule has 2 heteroatoms. The quantitative estimate of drug-likeness (QED) is 0.199. The molecular formula is C31H50N2. The second-order valence-electron chi connectivity index (χ2n) is 10.2. The van der Waals surface area contributed by atoms with Gasteiger partial charge in [0.25, 0.3) is 0 Å². The highest BCUT2D eigenvalue weighted by Gasteiger charge is 2.03. The van der Waals surface area contributed by atoms with E-state index in [9.17, 15) is 0 Å². The van der Waals surface area contributed by atoms with Crippen molar-refractivity contribution in [3.05, 3.63) is 47.8 Å². The molecule has 0 aliphatic heterocycles. The van der Waals surface area contributed by atoms with Gasteiger partial charge in [-0.25, -0.2) is 9.97 Å². The van der Waals surface area contributed by atoms with E-state index in [0.717, 1.165) is 23.7 Å². The van der Waals surface area contributed by atoms with E-state index in [-0.39, 0.29) is 0 Å². The Morgan fingerprint density at radius 3 is 1.70 bits per heavy atom. The zero-order valence-corrected chi connectivity index (χ0v) is 22.0. The number of hydrogen-bond acceptors (Lipinski definition) is 2. The smallest absolute Gasteiger partial charge is 0.159 e. The third-order valence-corrected chi connectivity index (χ3v) is 7.10. The van der Waals surface area contributed by atoms with Gasteiger partial charge in [-0.3, -0.25) is 0 Å². The van der Waals surface area contributed by atoms with Crippen molar-refractivity contribution in [1.29, 1.82) is 0 Å². The molecule has 0 saturated carbocycles. The lowest BCUT2D eigenvalue weighted by atomic mass is 9.99.